The van der Waals surface area contributed by atoms with Crippen molar-refractivity contribution in [1.29, 1.82) is 0 Å². The van der Waals surface area contributed by atoms with Crippen molar-refractivity contribution in [3.63, 3.8) is 0 Å². The third kappa shape index (κ3) is 1.24. The van der Waals surface area contributed by atoms with Crippen LogP contribution in [0.15, 0.2) is 23.8 Å². The number of amides is 1. The van der Waals surface area contributed by atoms with E-state index in [-0.39, 0.29) is 11.1 Å². The van der Waals surface area contributed by atoms with Gasteiger partial charge in [0.1, 0.15) is 0 Å². The minimum absolute atomic E-state index is 0.174. The Balaban J connectivity index is 2.97. The number of rotatable bonds is 2. The predicted molar refractivity (Wildman–Crippen MR) is 37.5 cm³/mol. The van der Waals surface area contributed by atoms with Crippen LogP contribution in [0.2, 0.25) is 0 Å². The van der Waals surface area contributed by atoms with Crippen molar-refractivity contribution in [2.75, 3.05) is 0 Å². The lowest BCUT2D eigenvalue weighted by molar-refractivity contribution is -0.150. The van der Waals surface area contributed by atoms with Crippen LogP contribution in [0.3, 0.4) is 0 Å². The summed E-state index contributed by atoms with van der Waals surface area (Å²) >= 11 is 0. The van der Waals surface area contributed by atoms with Gasteiger partial charge in [0.05, 0.1) is 5.57 Å². The highest BCUT2D eigenvalue weighted by Gasteiger charge is 2.27. The molecule has 0 unspecified atom stereocenters. The molecular weight excluding hydrogens is 162 g/mol. The number of carbonyl (C=O) groups excluding carboxylic acids is 3. The minimum atomic E-state index is -0.885. The van der Waals surface area contributed by atoms with Crippen LogP contribution in [0, 0.1) is 0 Å². The number of primary amides is 1. The van der Waals surface area contributed by atoms with Gasteiger partial charge in [0.2, 0.25) is 5.91 Å². The van der Waals surface area contributed by atoms with Crippen LogP contribution in [0.5, 0.6) is 0 Å². The Morgan fingerprint density at radius 2 is 2.08 bits per heavy atom. The summed E-state index contributed by atoms with van der Waals surface area (Å²) < 4.78 is 4.11. The lowest BCUT2D eigenvalue weighted by Crippen LogP contribution is -2.17. The third-order valence-electron chi connectivity index (χ3n) is 1.30. The van der Waals surface area contributed by atoms with E-state index in [1.165, 1.54) is 0 Å². The molecule has 1 aliphatic rings. The molecule has 0 spiro atoms. The molecule has 0 aromatic carbocycles. The van der Waals surface area contributed by atoms with E-state index in [1.54, 1.807) is 0 Å². The van der Waals surface area contributed by atoms with Crippen molar-refractivity contribution in [3.05, 3.63) is 23.8 Å². The van der Waals surface area contributed by atoms with E-state index in [1.807, 2.05) is 0 Å². The fourth-order valence-corrected chi connectivity index (χ4v) is 0.696. The smallest absolute Gasteiger partial charge is 0.347 e. The van der Waals surface area contributed by atoms with Gasteiger partial charge in [-0.3, -0.25) is 4.79 Å². The fraction of sp³-hybridized carbons (Fsp3) is 0. The summed E-state index contributed by atoms with van der Waals surface area (Å²) in [7, 11) is 0. The number of esters is 2. The molecular formula is C7H5NO4. The Morgan fingerprint density at radius 3 is 2.42 bits per heavy atom. The Labute approximate surface area is 67.5 Å². The second kappa shape index (κ2) is 2.61. The second-order valence-electron chi connectivity index (χ2n) is 2.11. The first kappa shape index (κ1) is 8.19. The highest BCUT2D eigenvalue weighted by atomic mass is 16.6. The molecule has 0 bridgehead atoms. The summed E-state index contributed by atoms with van der Waals surface area (Å²) in [6.45, 7) is 3.23. The topological polar surface area (TPSA) is 86.5 Å². The molecule has 1 heterocycles. The molecule has 1 aliphatic heterocycles. The average molecular weight is 167 g/mol. The highest BCUT2D eigenvalue weighted by Crippen LogP contribution is 2.15. The van der Waals surface area contributed by atoms with E-state index in [9.17, 15) is 14.4 Å². The molecule has 0 saturated carbocycles. The lowest BCUT2D eigenvalue weighted by atomic mass is 10.1. The second-order valence-corrected chi connectivity index (χ2v) is 2.11. The Kier molecular flexibility index (Phi) is 1.78. The largest absolute Gasteiger partial charge is 0.386 e. The normalized spacial score (nSPS) is 15.5. The first-order chi connectivity index (χ1) is 5.52. The van der Waals surface area contributed by atoms with E-state index in [0.717, 1.165) is 6.08 Å². The van der Waals surface area contributed by atoms with E-state index < -0.39 is 17.8 Å². The molecule has 0 fully saturated rings. The van der Waals surface area contributed by atoms with Crippen molar-refractivity contribution in [1.82, 2.24) is 0 Å². The van der Waals surface area contributed by atoms with Gasteiger partial charge in [0, 0.05) is 11.6 Å². The molecule has 0 atom stereocenters. The minimum Gasteiger partial charge on any atom is -0.386 e. The van der Waals surface area contributed by atoms with Gasteiger partial charge >= 0.3 is 11.9 Å². The van der Waals surface area contributed by atoms with Crippen LogP contribution >= 0.6 is 0 Å². The van der Waals surface area contributed by atoms with Crippen LogP contribution in [0.1, 0.15) is 0 Å². The van der Waals surface area contributed by atoms with Gasteiger partial charge in [0.25, 0.3) is 0 Å². The Morgan fingerprint density at radius 1 is 1.50 bits per heavy atom. The van der Waals surface area contributed by atoms with Crippen LogP contribution < -0.4 is 5.73 Å². The summed E-state index contributed by atoms with van der Waals surface area (Å²) in [5.41, 5.74) is 4.43. The number of cyclic esters (lactones) is 2. The van der Waals surface area contributed by atoms with E-state index in [0.29, 0.717) is 0 Å². The summed E-state index contributed by atoms with van der Waals surface area (Å²) in [5.74, 6) is -2.55. The first-order valence-electron chi connectivity index (χ1n) is 2.99. The van der Waals surface area contributed by atoms with Gasteiger partial charge in [0.15, 0.2) is 0 Å². The van der Waals surface area contributed by atoms with E-state index >= 15 is 0 Å². The van der Waals surface area contributed by atoms with E-state index in [2.05, 4.69) is 11.3 Å². The molecule has 0 aliphatic carbocycles. The Hall–Kier alpha value is -1.91. The van der Waals surface area contributed by atoms with E-state index in [4.69, 9.17) is 5.73 Å². The summed E-state index contributed by atoms with van der Waals surface area (Å²) in [6, 6.07) is 0. The summed E-state index contributed by atoms with van der Waals surface area (Å²) in [6.07, 6.45) is 0.884. The molecule has 62 valence electrons. The standard InChI is InChI=1S/C7H5NO4/c1-3(6(8)10)4-2-5(9)12-7(4)11/h2H,1H2,(H2,8,10). The number of carbonyl (C=O) groups is 3. The van der Waals surface area contributed by atoms with Gasteiger partial charge in [-0.2, -0.15) is 0 Å². The number of nitrogens with two attached hydrogens (primary N) is 1. The number of hydrogen-bond acceptors (Lipinski definition) is 4. The van der Waals surface area contributed by atoms with Crippen LogP contribution in [-0.2, 0) is 19.1 Å². The quantitative estimate of drug-likeness (QED) is 0.326. The van der Waals surface area contributed by atoms with Gasteiger partial charge in [-0.15, -0.1) is 0 Å². The van der Waals surface area contributed by atoms with Crippen LogP contribution in [0.4, 0.5) is 0 Å². The van der Waals surface area contributed by atoms with Gasteiger partial charge in [-0.25, -0.2) is 9.59 Å². The first-order valence-corrected chi connectivity index (χ1v) is 2.99. The SMILES string of the molecule is C=C(C(N)=O)C1=CC(=O)OC1=O. The fourth-order valence-electron chi connectivity index (χ4n) is 0.696. The predicted octanol–water partition coefficient (Wildman–Crippen LogP) is -0.962. The molecule has 2 N–H and O–H groups in total. The van der Waals surface area contributed by atoms with Gasteiger partial charge < -0.3 is 10.5 Å². The molecule has 0 radical (unpaired) electrons. The average Bonchev–Trinajstić information content (AvgIpc) is 2.28. The van der Waals surface area contributed by atoms with Crippen LogP contribution in [0.25, 0.3) is 0 Å². The maximum atomic E-state index is 10.8. The lowest BCUT2D eigenvalue weighted by Gasteiger charge is -1.96. The zero-order valence-corrected chi connectivity index (χ0v) is 5.99. The van der Waals surface area contributed by atoms with Crippen molar-refractivity contribution >= 4 is 17.8 Å². The molecule has 12 heavy (non-hydrogen) atoms. The van der Waals surface area contributed by atoms with Crippen molar-refractivity contribution in [3.8, 4) is 0 Å². The molecule has 1 amide bonds. The summed E-state index contributed by atoms with van der Waals surface area (Å²) in [5, 5.41) is 0. The molecule has 0 saturated heterocycles. The van der Waals surface area contributed by atoms with Gasteiger partial charge in [-0.1, -0.05) is 6.58 Å². The molecule has 0 aromatic heterocycles. The van der Waals surface area contributed by atoms with Crippen LogP contribution in [-0.4, -0.2) is 17.8 Å². The Bertz CT molecular complexity index is 326. The van der Waals surface area contributed by atoms with Gasteiger partial charge in [-0.05, 0) is 0 Å². The highest BCUT2D eigenvalue weighted by molar-refractivity contribution is 6.17. The molecule has 5 heteroatoms. The number of hydrogen-bond donors (Lipinski definition) is 1. The molecule has 5 nitrogen and oxygen atoms in total. The maximum Gasteiger partial charge on any atom is 0.347 e. The van der Waals surface area contributed by atoms with Crippen molar-refractivity contribution in [2.24, 2.45) is 5.73 Å². The molecule has 0 aromatic rings. The van der Waals surface area contributed by atoms with Crippen molar-refractivity contribution < 1.29 is 19.1 Å². The monoisotopic (exact) mass is 167 g/mol. The van der Waals surface area contributed by atoms with Crippen molar-refractivity contribution in [2.45, 2.75) is 0 Å². The zero-order chi connectivity index (χ0) is 9.30. The number of ether oxygens (including phenoxy) is 1. The zero-order valence-electron chi connectivity index (χ0n) is 5.99. The summed E-state index contributed by atoms with van der Waals surface area (Å²) in [4.78, 5) is 31.7. The molecule has 1 rings (SSSR count). The maximum absolute atomic E-state index is 10.8. The third-order valence-corrected chi connectivity index (χ3v) is 1.30.